The summed E-state index contributed by atoms with van der Waals surface area (Å²) in [5.74, 6) is 0.434. The number of nitrogens with zero attached hydrogens (tertiary/aromatic N) is 2. The van der Waals surface area contributed by atoms with Gasteiger partial charge in [-0.25, -0.2) is 0 Å². The number of carbonyl (C=O) groups is 2. The van der Waals surface area contributed by atoms with Crippen LogP contribution in [-0.4, -0.2) is 29.4 Å². The molecule has 7 rings (SSSR count). The molecule has 3 saturated carbocycles. The number of fused-ring (bicyclic) bond motifs is 2. The average molecular weight is 296 g/mol. The number of rotatable bonds is 0. The van der Waals surface area contributed by atoms with Gasteiger partial charge in [-0.1, -0.05) is 19.1 Å². The first-order valence-corrected chi connectivity index (χ1v) is 8.20. The van der Waals surface area contributed by atoms with E-state index in [4.69, 9.17) is 0 Å². The van der Waals surface area contributed by atoms with Crippen LogP contribution in [0.2, 0.25) is 0 Å². The predicted molar refractivity (Wildman–Crippen MR) is 82.3 cm³/mol. The molecule has 2 amide bonds. The Kier molecular flexibility index (Phi) is 2.05. The molecular weight excluding hydrogens is 276 g/mol. The number of imide groups is 1. The van der Waals surface area contributed by atoms with Crippen LogP contribution in [0.25, 0.3) is 0 Å². The van der Waals surface area contributed by atoms with Gasteiger partial charge < -0.3 is 4.90 Å². The minimum Gasteiger partial charge on any atom is -0.350 e. The second kappa shape index (κ2) is 3.55. The van der Waals surface area contributed by atoms with Crippen LogP contribution in [0, 0.1) is 17.3 Å². The molecule has 0 radical (unpaired) electrons. The van der Waals surface area contributed by atoms with E-state index in [-0.39, 0.29) is 23.1 Å². The van der Waals surface area contributed by atoms with Crippen molar-refractivity contribution < 1.29 is 9.59 Å². The van der Waals surface area contributed by atoms with Gasteiger partial charge in [0.05, 0.1) is 11.3 Å². The fourth-order valence-electron chi connectivity index (χ4n) is 5.84. The van der Waals surface area contributed by atoms with Crippen molar-refractivity contribution in [3.8, 4) is 0 Å². The highest BCUT2D eigenvalue weighted by molar-refractivity contribution is 6.12. The molecule has 4 bridgehead atoms. The lowest BCUT2D eigenvalue weighted by Gasteiger charge is -2.71. The SMILES string of the molecule is CN1c2ccccc2C(=O)N2C(=O)C3CC4CCC3(C)C[C@]421. The molecule has 0 aromatic heterocycles. The Labute approximate surface area is 130 Å². The highest BCUT2D eigenvalue weighted by Gasteiger charge is 2.71. The molecule has 4 heteroatoms. The zero-order valence-electron chi connectivity index (χ0n) is 13.0. The molecule has 114 valence electrons. The highest BCUT2D eigenvalue weighted by atomic mass is 16.2. The molecule has 3 unspecified atom stereocenters. The summed E-state index contributed by atoms with van der Waals surface area (Å²) in [5.41, 5.74) is 1.27. The Bertz CT molecular complexity index is 730. The first kappa shape index (κ1) is 12.7. The molecule has 6 aliphatic rings. The third-order valence-corrected chi connectivity index (χ3v) is 6.93. The third kappa shape index (κ3) is 1.12. The van der Waals surface area contributed by atoms with Crippen molar-refractivity contribution in [1.29, 1.82) is 0 Å². The monoisotopic (exact) mass is 296 g/mol. The zero-order chi connectivity index (χ0) is 15.3. The van der Waals surface area contributed by atoms with Gasteiger partial charge in [-0.3, -0.25) is 14.5 Å². The van der Waals surface area contributed by atoms with Gasteiger partial charge in [0, 0.05) is 18.9 Å². The number of para-hydroxylation sites is 1. The number of benzene rings is 1. The van der Waals surface area contributed by atoms with E-state index in [9.17, 15) is 9.59 Å². The van der Waals surface area contributed by atoms with E-state index in [2.05, 4.69) is 18.9 Å². The van der Waals surface area contributed by atoms with Gasteiger partial charge in [0.2, 0.25) is 5.91 Å². The van der Waals surface area contributed by atoms with Crippen molar-refractivity contribution in [1.82, 2.24) is 4.90 Å². The zero-order valence-corrected chi connectivity index (χ0v) is 13.0. The van der Waals surface area contributed by atoms with Crippen molar-refractivity contribution in [2.24, 2.45) is 17.3 Å². The van der Waals surface area contributed by atoms with Crippen molar-refractivity contribution >= 4 is 17.5 Å². The second-order valence-electron chi connectivity index (χ2n) is 7.79. The first-order valence-electron chi connectivity index (χ1n) is 8.20. The van der Waals surface area contributed by atoms with Crippen LogP contribution in [0.15, 0.2) is 24.3 Å². The summed E-state index contributed by atoms with van der Waals surface area (Å²) in [4.78, 5) is 30.0. The van der Waals surface area contributed by atoms with Gasteiger partial charge in [-0.2, -0.15) is 0 Å². The van der Waals surface area contributed by atoms with Crippen molar-refractivity contribution in [2.45, 2.75) is 38.3 Å². The van der Waals surface area contributed by atoms with E-state index < -0.39 is 5.66 Å². The molecule has 3 aliphatic carbocycles. The summed E-state index contributed by atoms with van der Waals surface area (Å²) in [6.45, 7) is 2.25. The van der Waals surface area contributed by atoms with Crippen LogP contribution in [0.5, 0.6) is 0 Å². The number of anilines is 1. The van der Waals surface area contributed by atoms with Gasteiger partial charge in [0.15, 0.2) is 0 Å². The van der Waals surface area contributed by atoms with Crippen LogP contribution in [0.3, 0.4) is 0 Å². The molecule has 2 saturated heterocycles. The summed E-state index contributed by atoms with van der Waals surface area (Å²) in [6, 6.07) is 7.71. The van der Waals surface area contributed by atoms with Crippen LogP contribution >= 0.6 is 0 Å². The Morgan fingerprint density at radius 3 is 2.77 bits per heavy atom. The Morgan fingerprint density at radius 2 is 2.00 bits per heavy atom. The Hall–Kier alpha value is -1.84. The topological polar surface area (TPSA) is 40.6 Å². The van der Waals surface area contributed by atoms with E-state index in [1.54, 1.807) is 4.90 Å². The summed E-state index contributed by atoms with van der Waals surface area (Å²) in [7, 11) is 2.07. The van der Waals surface area contributed by atoms with E-state index in [0.717, 1.165) is 31.4 Å². The third-order valence-electron chi connectivity index (χ3n) is 6.93. The number of piperidine rings is 2. The minimum atomic E-state index is -0.426. The lowest BCUT2D eigenvalue weighted by atomic mass is 9.47. The Balaban J connectivity index is 1.80. The van der Waals surface area contributed by atoms with Crippen molar-refractivity contribution in [2.75, 3.05) is 11.9 Å². The van der Waals surface area contributed by atoms with Gasteiger partial charge in [-0.05, 0) is 43.2 Å². The number of hydrogen-bond donors (Lipinski definition) is 0. The van der Waals surface area contributed by atoms with E-state index in [1.807, 2.05) is 24.3 Å². The van der Waals surface area contributed by atoms with Crippen LogP contribution in [-0.2, 0) is 4.79 Å². The van der Waals surface area contributed by atoms with Crippen LogP contribution < -0.4 is 4.90 Å². The van der Waals surface area contributed by atoms with E-state index in [1.165, 1.54) is 0 Å². The smallest absolute Gasteiger partial charge is 0.264 e. The molecule has 1 aromatic carbocycles. The number of amides is 2. The molecular formula is C18H20N2O2. The summed E-state index contributed by atoms with van der Waals surface area (Å²) >= 11 is 0. The summed E-state index contributed by atoms with van der Waals surface area (Å²) < 4.78 is 0. The van der Waals surface area contributed by atoms with Gasteiger partial charge in [0.1, 0.15) is 5.66 Å². The fraction of sp³-hybridized carbons (Fsp3) is 0.556. The average Bonchev–Trinajstić information content (AvgIpc) is 2.52. The first-order chi connectivity index (χ1) is 10.5. The lowest BCUT2D eigenvalue weighted by Crippen LogP contribution is -2.80. The van der Waals surface area contributed by atoms with E-state index >= 15 is 0 Å². The highest BCUT2D eigenvalue weighted by Crippen LogP contribution is 2.66. The normalized spacial score (nSPS) is 41.7. The van der Waals surface area contributed by atoms with Gasteiger partial charge >= 0.3 is 0 Å². The lowest BCUT2D eigenvalue weighted by molar-refractivity contribution is -0.190. The maximum atomic E-state index is 13.1. The van der Waals surface area contributed by atoms with E-state index in [0.29, 0.717) is 11.5 Å². The number of carbonyl (C=O) groups excluding carboxylic acids is 2. The van der Waals surface area contributed by atoms with Crippen LogP contribution in [0.1, 0.15) is 43.0 Å². The molecule has 1 aromatic rings. The fourth-order valence-corrected chi connectivity index (χ4v) is 5.84. The largest absolute Gasteiger partial charge is 0.350 e. The standard InChI is InChI=1S/C18H20N2O2/c1-17-8-7-11-9-13(17)16(22)20-15(21)12-5-3-4-6-14(12)19(2)18(11,20)10-17/h3-6,11,13H,7-10H2,1-2H3/t11?,13?,17?,18-/m1/s1. The summed E-state index contributed by atoms with van der Waals surface area (Å²) in [6.07, 6.45) is 4.12. The molecule has 3 aliphatic heterocycles. The quantitative estimate of drug-likeness (QED) is 0.691. The molecule has 22 heavy (non-hydrogen) atoms. The maximum absolute atomic E-state index is 13.1. The molecule has 5 fully saturated rings. The molecule has 0 N–H and O–H groups in total. The van der Waals surface area contributed by atoms with Crippen molar-refractivity contribution in [3.05, 3.63) is 29.8 Å². The van der Waals surface area contributed by atoms with Gasteiger partial charge in [0.25, 0.3) is 5.91 Å². The van der Waals surface area contributed by atoms with Crippen molar-refractivity contribution in [3.63, 3.8) is 0 Å². The summed E-state index contributed by atoms with van der Waals surface area (Å²) in [5, 5.41) is 0. The molecule has 1 spiro atoms. The second-order valence-corrected chi connectivity index (χ2v) is 7.79. The maximum Gasteiger partial charge on any atom is 0.264 e. The predicted octanol–water partition coefficient (Wildman–Crippen LogP) is 2.64. The molecule has 3 heterocycles. The molecule has 4 nitrogen and oxygen atoms in total. The minimum absolute atomic E-state index is 0.0377. The number of hydrogen-bond acceptors (Lipinski definition) is 3. The van der Waals surface area contributed by atoms with Crippen LogP contribution in [0.4, 0.5) is 5.69 Å². The molecule has 4 atom stereocenters. The van der Waals surface area contributed by atoms with Gasteiger partial charge in [-0.15, -0.1) is 0 Å². The Morgan fingerprint density at radius 1 is 1.23 bits per heavy atom.